The molecule has 1 N–H and O–H groups in total. The number of aromatic nitrogens is 1. The minimum Gasteiger partial charge on any atom is -0.353 e. The Kier molecular flexibility index (Phi) is 4.73. The summed E-state index contributed by atoms with van der Waals surface area (Å²) in [5, 5.41) is 22.5. The third-order valence-corrected chi connectivity index (χ3v) is 3.38. The standard InChI is InChI=1S/C13H16N6O3/c1-2-15-13(20)18-7-5-17(6-8-18)12-4-3-11(19(21)22)10(9-14)16-12/h3-4H,2,5-8H2,1H3,(H,15,20). The van der Waals surface area contributed by atoms with Crippen LogP contribution in [0.4, 0.5) is 16.3 Å². The van der Waals surface area contributed by atoms with Gasteiger partial charge in [0.15, 0.2) is 0 Å². The molecule has 1 aromatic heterocycles. The third-order valence-electron chi connectivity index (χ3n) is 3.38. The number of amides is 2. The van der Waals surface area contributed by atoms with Gasteiger partial charge in [0.2, 0.25) is 5.69 Å². The molecule has 0 spiro atoms. The van der Waals surface area contributed by atoms with Gasteiger partial charge >= 0.3 is 11.7 Å². The average molecular weight is 304 g/mol. The fourth-order valence-electron chi connectivity index (χ4n) is 2.25. The summed E-state index contributed by atoms with van der Waals surface area (Å²) in [4.78, 5) is 29.6. The number of carbonyl (C=O) groups excluding carboxylic acids is 1. The van der Waals surface area contributed by atoms with Crippen molar-refractivity contribution < 1.29 is 9.72 Å². The second-order valence-corrected chi connectivity index (χ2v) is 4.72. The molecule has 0 unspecified atom stereocenters. The van der Waals surface area contributed by atoms with Crippen molar-refractivity contribution in [3.63, 3.8) is 0 Å². The zero-order valence-corrected chi connectivity index (χ0v) is 12.2. The highest BCUT2D eigenvalue weighted by molar-refractivity contribution is 5.74. The molecule has 2 heterocycles. The van der Waals surface area contributed by atoms with Crippen molar-refractivity contribution in [2.75, 3.05) is 37.6 Å². The Bertz CT molecular complexity index is 619. The SMILES string of the molecule is CCNC(=O)N1CCN(c2ccc([N+](=O)[O-])c(C#N)n2)CC1. The van der Waals surface area contributed by atoms with E-state index in [2.05, 4.69) is 10.3 Å². The van der Waals surface area contributed by atoms with Crippen LogP contribution >= 0.6 is 0 Å². The number of nitrogens with one attached hydrogen (secondary N) is 1. The first kappa shape index (κ1) is 15.5. The molecule has 9 heteroatoms. The number of nitrogens with zero attached hydrogens (tertiary/aromatic N) is 5. The molecule has 9 nitrogen and oxygen atoms in total. The number of carbonyl (C=O) groups is 1. The molecular formula is C13H16N6O3. The van der Waals surface area contributed by atoms with Crippen molar-refractivity contribution in [2.24, 2.45) is 0 Å². The van der Waals surface area contributed by atoms with E-state index in [-0.39, 0.29) is 17.4 Å². The molecule has 1 aromatic rings. The van der Waals surface area contributed by atoms with E-state index >= 15 is 0 Å². The first-order chi connectivity index (χ1) is 10.6. The molecule has 0 aromatic carbocycles. The first-order valence-electron chi connectivity index (χ1n) is 6.90. The van der Waals surface area contributed by atoms with Crippen LogP contribution in [-0.2, 0) is 0 Å². The summed E-state index contributed by atoms with van der Waals surface area (Å²) in [7, 11) is 0. The van der Waals surface area contributed by atoms with E-state index < -0.39 is 4.92 Å². The molecule has 1 saturated heterocycles. The van der Waals surface area contributed by atoms with Crippen LogP contribution < -0.4 is 10.2 Å². The van der Waals surface area contributed by atoms with Crippen LogP contribution in [0.15, 0.2) is 12.1 Å². The fraction of sp³-hybridized carbons (Fsp3) is 0.462. The monoisotopic (exact) mass is 304 g/mol. The van der Waals surface area contributed by atoms with Crippen LogP contribution in [0.2, 0.25) is 0 Å². The summed E-state index contributed by atoms with van der Waals surface area (Å²) in [5.41, 5.74) is -0.499. The molecule has 0 aliphatic carbocycles. The van der Waals surface area contributed by atoms with Crippen molar-refractivity contribution in [3.05, 3.63) is 27.9 Å². The van der Waals surface area contributed by atoms with Gasteiger partial charge in [-0.1, -0.05) is 0 Å². The summed E-state index contributed by atoms with van der Waals surface area (Å²) in [5.74, 6) is 0.512. The molecule has 1 fully saturated rings. The smallest absolute Gasteiger partial charge is 0.317 e. The Balaban J connectivity index is 2.07. The highest BCUT2D eigenvalue weighted by Gasteiger charge is 2.23. The molecule has 1 aliphatic rings. The molecule has 116 valence electrons. The quantitative estimate of drug-likeness (QED) is 0.649. The van der Waals surface area contributed by atoms with Gasteiger partial charge in [0.1, 0.15) is 11.9 Å². The minimum absolute atomic E-state index is 0.100. The van der Waals surface area contributed by atoms with Crippen LogP contribution in [0.1, 0.15) is 12.6 Å². The van der Waals surface area contributed by atoms with Gasteiger partial charge in [-0.2, -0.15) is 5.26 Å². The van der Waals surface area contributed by atoms with Crippen molar-refractivity contribution >= 4 is 17.5 Å². The molecule has 2 rings (SSSR count). The number of nitro groups is 1. The Hall–Kier alpha value is -2.89. The van der Waals surface area contributed by atoms with E-state index in [1.54, 1.807) is 11.0 Å². The second-order valence-electron chi connectivity index (χ2n) is 4.72. The van der Waals surface area contributed by atoms with E-state index in [0.29, 0.717) is 38.5 Å². The van der Waals surface area contributed by atoms with Gasteiger partial charge in [-0.15, -0.1) is 0 Å². The van der Waals surface area contributed by atoms with Gasteiger partial charge in [-0.25, -0.2) is 9.78 Å². The predicted octanol–water partition coefficient (Wildman–Crippen LogP) is 0.713. The summed E-state index contributed by atoms with van der Waals surface area (Å²) in [6.07, 6.45) is 0. The van der Waals surface area contributed by atoms with Crippen LogP contribution in [0.5, 0.6) is 0 Å². The number of piperazine rings is 1. The number of pyridine rings is 1. The van der Waals surface area contributed by atoms with E-state index in [1.807, 2.05) is 11.8 Å². The van der Waals surface area contributed by atoms with Crippen LogP contribution in [0.25, 0.3) is 0 Å². The zero-order chi connectivity index (χ0) is 16.1. The Morgan fingerprint density at radius 2 is 2.14 bits per heavy atom. The normalized spacial score (nSPS) is 14.4. The first-order valence-corrected chi connectivity index (χ1v) is 6.90. The van der Waals surface area contributed by atoms with E-state index in [0.717, 1.165) is 0 Å². The third kappa shape index (κ3) is 3.22. The number of anilines is 1. The van der Waals surface area contributed by atoms with E-state index in [4.69, 9.17) is 5.26 Å². The van der Waals surface area contributed by atoms with Crippen molar-refractivity contribution in [1.29, 1.82) is 5.26 Å². The lowest BCUT2D eigenvalue weighted by atomic mass is 10.2. The van der Waals surface area contributed by atoms with Crippen LogP contribution in [0, 0.1) is 21.4 Å². The van der Waals surface area contributed by atoms with Crippen LogP contribution in [-0.4, -0.2) is 53.6 Å². The minimum atomic E-state index is -0.623. The zero-order valence-electron chi connectivity index (χ0n) is 12.2. The molecule has 0 atom stereocenters. The maximum atomic E-state index is 11.7. The number of rotatable bonds is 3. The lowest BCUT2D eigenvalue weighted by molar-refractivity contribution is -0.385. The predicted molar refractivity (Wildman–Crippen MR) is 78.5 cm³/mol. The van der Waals surface area contributed by atoms with Gasteiger partial charge in [0, 0.05) is 38.8 Å². The second kappa shape index (κ2) is 6.71. The maximum Gasteiger partial charge on any atom is 0.317 e. The van der Waals surface area contributed by atoms with Gasteiger partial charge in [-0.3, -0.25) is 10.1 Å². The lowest BCUT2D eigenvalue weighted by Gasteiger charge is -2.35. The molecule has 1 aliphatic heterocycles. The van der Waals surface area contributed by atoms with Gasteiger partial charge in [0.25, 0.3) is 0 Å². The van der Waals surface area contributed by atoms with Crippen LogP contribution in [0.3, 0.4) is 0 Å². The van der Waals surface area contributed by atoms with Gasteiger partial charge in [0.05, 0.1) is 4.92 Å². The van der Waals surface area contributed by atoms with Gasteiger partial charge < -0.3 is 15.1 Å². The summed E-state index contributed by atoms with van der Waals surface area (Å²) in [6, 6.07) is 4.46. The summed E-state index contributed by atoms with van der Waals surface area (Å²) in [6.45, 7) is 4.63. The number of hydrogen-bond acceptors (Lipinski definition) is 6. The molecular weight excluding hydrogens is 288 g/mol. The number of urea groups is 1. The topological polar surface area (TPSA) is 115 Å². The summed E-state index contributed by atoms with van der Waals surface area (Å²) >= 11 is 0. The molecule has 22 heavy (non-hydrogen) atoms. The van der Waals surface area contributed by atoms with E-state index in [1.165, 1.54) is 12.1 Å². The number of nitriles is 1. The Morgan fingerprint density at radius 1 is 1.45 bits per heavy atom. The number of hydrogen-bond donors (Lipinski definition) is 1. The fourth-order valence-corrected chi connectivity index (χ4v) is 2.25. The lowest BCUT2D eigenvalue weighted by Crippen LogP contribution is -2.52. The maximum absolute atomic E-state index is 11.7. The van der Waals surface area contributed by atoms with Crippen molar-refractivity contribution in [1.82, 2.24) is 15.2 Å². The van der Waals surface area contributed by atoms with Crippen molar-refractivity contribution in [3.8, 4) is 6.07 Å². The molecule has 0 saturated carbocycles. The van der Waals surface area contributed by atoms with Gasteiger partial charge in [-0.05, 0) is 13.0 Å². The highest BCUT2D eigenvalue weighted by atomic mass is 16.6. The molecule has 2 amide bonds. The Labute approximate surface area is 127 Å². The largest absolute Gasteiger partial charge is 0.353 e. The van der Waals surface area contributed by atoms with E-state index in [9.17, 15) is 14.9 Å². The summed E-state index contributed by atoms with van der Waals surface area (Å²) < 4.78 is 0. The average Bonchev–Trinajstić information content (AvgIpc) is 2.54. The molecule has 0 bridgehead atoms. The molecule has 0 radical (unpaired) electrons. The highest BCUT2D eigenvalue weighted by Crippen LogP contribution is 2.21. The van der Waals surface area contributed by atoms with Crippen molar-refractivity contribution in [2.45, 2.75) is 6.92 Å². The Morgan fingerprint density at radius 3 is 2.68 bits per heavy atom.